The van der Waals surface area contributed by atoms with Gasteiger partial charge in [0.2, 0.25) is 0 Å². The van der Waals surface area contributed by atoms with Gasteiger partial charge in [0.25, 0.3) is 5.91 Å². The van der Waals surface area contributed by atoms with Crippen molar-refractivity contribution in [1.29, 1.82) is 0 Å². The molecule has 23 heavy (non-hydrogen) atoms. The summed E-state index contributed by atoms with van der Waals surface area (Å²) in [4.78, 5) is 23.3. The van der Waals surface area contributed by atoms with Gasteiger partial charge in [0, 0.05) is 6.08 Å². The van der Waals surface area contributed by atoms with E-state index in [-0.39, 0.29) is 18.6 Å². The normalized spacial score (nSPS) is 12.3. The maximum absolute atomic E-state index is 11.9. The first-order chi connectivity index (χ1) is 11.1. The summed E-state index contributed by atoms with van der Waals surface area (Å²) in [6.07, 6.45) is 3.78. The molecule has 0 radical (unpaired) electrons. The molecular formula is C19H21NO3. The quantitative estimate of drug-likeness (QED) is 0.656. The molecule has 0 aromatic heterocycles. The van der Waals surface area contributed by atoms with E-state index in [1.807, 2.05) is 56.3 Å². The number of esters is 1. The van der Waals surface area contributed by atoms with Crippen LogP contribution in [0.15, 0.2) is 54.6 Å². The molecule has 2 aromatic carbocycles. The standard InChI is InChI=1S/C19H21NO3/c1-3-4-12-19(22)23-13-18(21)20-14(2)16-11-7-9-15-8-5-6-10-17(15)16/h4-12,14H,3,13H2,1-2H3,(H,20,21)/b12-4+/t14-/m0/s1. The van der Waals surface area contributed by atoms with Crippen molar-refractivity contribution in [3.05, 3.63) is 60.2 Å². The third-order valence-corrected chi connectivity index (χ3v) is 3.50. The van der Waals surface area contributed by atoms with Crippen molar-refractivity contribution in [3.63, 3.8) is 0 Å². The van der Waals surface area contributed by atoms with Crippen LogP contribution in [0.4, 0.5) is 0 Å². The van der Waals surface area contributed by atoms with Crippen molar-refractivity contribution in [2.24, 2.45) is 0 Å². The molecule has 0 unspecified atom stereocenters. The lowest BCUT2D eigenvalue weighted by Gasteiger charge is -2.16. The Hall–Kier alpha value is -2.62. The van der Waals surface area contributed by atoms with Crippen LogP contribution in [0.25, 0.3) is 10.8 Å². The molecular weight excluding hydrogens is 290 g/mol. The Morgan fingerprint density at radius 3 is 2.70 bits per heavy atom. The summed E-state index contributed by atoms with van der Waals surface area (Å²) in [5, 5.41) is 5.09. The van der Waals surface area contributed by atoms with Crippen molar-refractivity contribution in [3.8, 4) is 0 Å². The molecule has 2 aromatic rings. The van der Waals surface area contributed by atoms with Gasteiger partial charge < -0.3 is 10.1 Å². The topological polar surface area (TPSA) is 55.4 Å². The Labute approximate surface area is 136 Å². The highest BCUT2D eigenvalue weighted by Gasteiger charge is 2.13. The summed E-state index contributed by atoms with van der Waals surface area (Å²) in [5.41, 5.74) is 1.04. The lowest BCUT2D eigenvalue weighted by Crippen LogP contribution is -2.31. The number of amides is 1. The molecule has 1 N–H and O–H groups in total. The summed E-state index contributed by atoms with van der Waals surface area (Å²) in [5.74, 6) is -0.816. The van der Waals surface area contributed by atoms with Crippen LogP contribution in [0.1, 0.15) is 31.9 Å². The molecule has 0 saturated carbocycles. The Bertz CT molecular complexity index is 716. The average Bonchev–Trinajstić information content (AvgIpc) is 2.57. The highest BCUT2D eigenvalue weighted by Crippen LogP contribution is 2.23. The van der Waals surface area contributed by atoms with E-state index in [0.29, 0.717) is 0 Å². The minimum atomic E-state index is -0.500. The van der Waals surface area contributed by atoms with Gasteiger partial charge in [-0.3, -0.25) is 4.79 Å². The van der Waals surface area contributed by atoms with Gasteiger partial charge in [-0.1, -0.05) is 55.5 Å². The largest absolute Gasteiger partial charge is 0.452 e. The zero-order valence-corrected chi connectivity index (χ0v) is 13.4. The van der Waals surface area contributed by atoms with E-state index >= 15 is 0 Å². The average molecular weight is 311 g/mol. The number of nitrogens with one attached hydrogen (secondary N) is 1. The second kappa shape index (κ2) is 8.13. The summed E-state index contributed by atoms with van der Waals surface area (Å²) >= 11 is 0. The van der Waals surface area contributed by atoms with E-state index in [9.17, 15) is 9.59 Å². The van der Waals surface area contributed by atoms with Crippen molar-refractivity contribution in [1.82, 2.24) is 5.32 Å². The summed E-state index contributed by atoms with van der Waals surface area (Å²) in [6.45, 7) is 3.56. The van der Waals surface area contributed by atoms with Crippen LogP contribution in [0.3, 0.4) is 0 Å². The van der Waals surface area contributed by atoms with Crippen LogP contribution in [0, 0.1) is 0 Å². The molecule has 0 spiro atoms. The zero-order valence-electron chi connectivity index (χ0n) is 13.4. The number of allylic oxidation sites excluding steroid dienone is 1. The molecule has 0 fully saturated rings. The van der Waals surface area contributed by atoms with Gasteiger partial charge >= 0.3 is 5.97 Å². The van der Waals surface area contributed by atoms with Crippen LogP contribution in [0.5, 0.6) is 0 Å². The van der Waals surface area contributed by atoms with Crippen LogP contribution in [-0.2, 0) is 14.3 Å². The Kier molecular flexibility index (Phi) is 5.92. The Morgan fingerprint density at radius 2 is 1.91 bits per heavy atom. The van der Waals surface area contributed by atoms with Gasteiger partial charge in [0.05, 0.1) is 6.04 Å². The first-order valence-electron chi connectivity index (χ1n) is 7.72. The number of ether oxygens (including phenoxy) is 1. The first-order valence-corrected chi connectivity index (χ1v) is 7.72. The zero-order chi connectivity index (χ0) is 16.7. The maximum atomic E-state index is 11.9. The van der Waals surface area contributed by atoms with E-state index in [1.54, 1.807) is 6.08 Å². The van der Waals surface area contributed by atoms with E-state index in [1.165, 1.54) is 6.08 Å². The molecule has 4 nitrogen and oxygen atoms in total. The minimum absolute atomic E-state index is 0.168. The molecule has 4 heteroatoms. The van der Waals surface area contributed by atoms with Crippen molar-refractivity contribution < 1.29 is 14.3 Å². The van der Waals surface area contributed by atoms with E-state index in [0.717, 1.165) is 22.8 Å². The Balaban J connectivity index is 1.98. The highest BCUT2D eigenvalue weighted by atomic mass is 16.5. The molecule has 1 amide bonds. The van der Waals surface area contributed by atoms with Crippen molar-refractivity contribution >= 4 is 22.6 Å². The number of hydrogen-bond acceptors (Lipinski definition) is 3. The third-order valence-electron chi connectivity index (χ3n) is 3.50. The van der Waals surface area contributed by atoms with Gasteiger partial charge in [-0.05, 0) is 29.7 Å². The van der Waals surface area contributed by atoms with Crippen LogP contribution >= 0.6 is 0 Å². The molecule has 0 saturated heterocycles. The first kappa shape index (κ1) is 16.7. The number of benzene rings is 2. The molecule has 0 bridgehead atoms. The summed E-state index contributed by atoms with van der Waals surface area (Å²) < 4.78 is 4.89. The van der Waals surface area contributed by atoms with Crippen LogP contribution in [-0.4, -0.2) is 18.5 Å². The molecule has 0 aliphatic rings. The number of fused-ring (bicyclic) bond motifs is 1. The fourth-order valence-corrected chi connectivity index (χ4v) is 2.39. The minimum Gasteiger partial charge on any atom is -0.452 e. The van der Waals surface area contributed by atoms with Gasteiger partial charge in [-0.15, -0.1) is 0 Å². The van der Waals surface area contributed by atoms with Crippen molar-refractivity contribution in [2.75, 3.05) is 6.61 Å². The second-order valence-corrected chi connectivity index (χ2v) is 5.28. The molecule has 2 rings (SSSR count). The number of rotatable bonds is 6. The molecule has 0 aliphatic heterocycles. The third kappa shape index (κ3) is 4.68. The van der Waals surface area contributed by atoms with Gasteiger partial charge in [-0.25, -0.2) is 4.79 Å². The van der Waals surface area contributed by atoms with Crippen molar-refractivity contribution in [2.45, 2.75) is 26.3 Å². The summed E-state index contributed by atoms with van der Waals surface area (Å²) in [7, 11) is 0. The fourth-order valence-electron chi connectivity index (χ4n) is 2.39. The maximum Gasteiger partial charge on any atom is 0.330 e. The van der Waals surface area contributed by atoms with Crippen LogP contribution < -0.4 is 5.32 Å². The number of hydrogen-bond donors (Lipinski definition) is 1. The molecule has 0 heterocycles. The van der Waals surface area contributed by atoms with Gasteiger partial charge in [0.15, 0.2) is 6.61 Å². The molecule has 1 atom stereocenters. The SMILES string of the molecule is CC/C=C/C(=O)OCC(=O)N[C@@H](C)c1cccc2ccccc12. The molecule has 0 aliphatic carbocycles. The number of carbonyl (C=O) groups is 2. The highest BCUT2D eigenvalue weighted by molar-refractivity contribution is 5.88. The summed E-state index contributed by atoms with van der Waals surface area (Å²) in [6, 6.07) is 13.9. The monoisotopic (exact) mass is 311 g/mol. The predicted molar refractivity (Wildman–Crippen MR) is 90.9 cm³/mol. The van der Waals surface area contributed by atoms with E-state index in [4.69, 9.17) is 4.74 Å². The lowest BCUT2D eigenvalue weighted by atomic mass is 10.00. The lowest BCUT2D eigenvalue weighted by molar-refractivity contribution is -0.144. The number of carbonyl (C=O) groups excluding carboxylic acids is 2. The Morgan fingerprint density at radius 1 is 1.17 bits per heavy atom. The molecule has 120 valence electrons. The van der Waals surface area contributed by atoms with E-state index < -0.39 is 5.97 Å². The van der Waals surface area contributed by atoms with Gasteiger partial charge in [-0.2, -0.15) is 0 Å². The van der Waals surface area contributed by atoms with Gasteiger partial charge in [0.1, 0.15) is 0 Å². The fraction of sp³-hybridized carbons (Fsp3) is 0.263. The predicted octanol–water partition coefficient (Wildman–Crippen LogP) is 3.53. The second-order valence-electron chi connectivity index (χ2n) is 5.28. The van der Waals surface area contributed by atoms with Crippen LogP contribution in [0.2, 0.25) is 0 Å². The van der Waals surface area contributed by atoms with E-state index in [2.05, 4.69) is 5.32 Å². The smallest absolute Gasteiger partial charge is 0.330 e.